The summed E-state index contributed by atoms with van der Waals surface area (Å²) in [6, 6.07) is 13.1. The number of aryl methyl sites for hydroxylation is 2. The molecular weight excluding hydrogens is 414 g/mol. The topological polar surface area (TPSA) is 91.5 Å². The van der Waals surface area contributed by atoms with E-state index < -0.39 is 10.0 Å². The van der Waals surface area contributed by atoms with Gasteiger partial charge < -0.3 is 15.0 Å². The predicted octanol–water partition coefficient (Wildman–Crippen LogP) is 3.46. The number of anilines is 1. The first-order valence-electron chi connectivity index (χ1n) is 10.5. The Kier molecular flexibility index (Phi) is 6.41. The number of benzene rings is 2. The Bertz CT molecular complexity index is 1180. The minimum atomic E-state index is -3.62. The molecule has 0 saturated carbocycles. The van der Waals surface area contributed by atoms with Gasteiger partial charge in [0.2, 0.25) is 15.9 Å². The molecule has 2 aromatic carbocycles. The van der Waals surface area contributed by atoms with Crippen molar-refractivity contribution in [3.8, 4) is 0 Å². The van der Waals surface area contributed by atoms with Crippen LogP contribution >= 0.6 is 0 Å². The lowest BCUT2D eigenvalue weighted by atomic mass is 10.1. The Morgan fingerprint density at radius 3 is 2.74 bits per heavy atom. The highest BCUT2D eigenvalue weighted by atomic mass is 32.2. The van der Waals surface area contributed by atoms with Crippen LogP contribution in [0.3, 0.4) is 0 Å². The van der Waals surface area contributed by atoms with Gasteiger partial charge in [-0.25, -0.2) is 8.42 Å². The third kappa shape index (κ3) is 4.81. The lowest BCUT2D eigenvalue weighted by molar-refractivity contribution is -0.116. The van der Waals surface area contributed by atoms with E-state index in [4.69, 9.17) is 4.74 Å². The second-order valence-electron chi connectivity index (χ2n) is 7.76. The lowest BCUT2D eigenvalue weighted by Gasteiger charge is -2.26. The number of carbonyl (C=O) groups excluding carboxylic acids is 1. The van der Waals surface area contributed by atoms with Crippen molar-refractivity contribution in [2.75, 3.05) is 31.6 Å². The third-order valence-corrected chi connectivity index (χ3v) is 7.63. The minimum Gasteiger partial charge on any atom is -0.379 e. The van der Waals surface area contributed by atoms with E-state index in [1.807, 2.05) is 24.4 Å². The maximum atomic E-state index is 13.0. The van der Waals surface area contributed by atoms with Crippen LogP contribution in [0.1, 0.15) is 24.0 Å². The van der Waals surface area contributed by atoms with E-state index in [1.165, 1.54) is 15.3 Å². The van der Waals surface area contributed by atoms with Crippen LogP contribution in [0.2, 0.25) is 0 Å². The molecular formula is C23H27N3O4S. The van der Waals surface area contributed by atoms with Gasteiger partial charge in [-0.05, 0) is 49.1 Å². The molecule has 7 nitrogen and oxygen atoms in total. The van der Waals surface area contributed by atoms with Crippen LogP contribution in [-0.2, 0) is 26.0 Å². The number of carbonyl (C=O) groups is 1. The zero-order valence-electron chi connectivity index (χ0n) is 17.6. The van der Waals surface area contributed by atoms with Crippen LogP contribution in [0.25, 0.3) is 10.9 Å². The molecule has 0 bridgehead atoms. The molecule has 0 unspecified atom stereocenters. The summed E-state index contributed by atoms with van der Waals surface area (Å²) in [5, 5.41) is 4.03. The van der Waals surface area contributed by atoms with Gasteiger partial charge in [0.25, 0.3) is 0 Å². The van der Waals surface area contributed by atoms with Gasteiger partial charge in [-0.2, -0.15) is 4.31 Å². The zero-order chi connectivity index (χ0) is 21.8. The quantitative estimate of drug-likeness (QED) is 0.587. The zero-order valence-corrected chi connectivity index (χ0v) is 18.4. The fourth-order valence-electron chi connectivity index (χ4n) is 3.88. The number of hydrogen-bond acceptors (Lipinski definition) is 4. The second kappa shape index (κ2) is 9.21. The number of hydrogen-bond donors (Lipinski definition) is 2. The lowest BCUT2D eigenvalue weighted by Crippen LogP contribution is -2.40. The van der Waals surface area contributed by atoms with Gasteiger partial charge in [0.1, 0.15) is 0 Å². The van der Waals surface area contributed by atoms with Crippen molar-refractivity contribution in [3.05, 3.63) is 59.8 Å². The molecule has 1 aromatic heterocycles. The number of ether oxygens (including phenoxy) is 1. The number of H-pyrrole nitrogens is 1. The first-order valence-corrected chi connectivity index (χ1v) is 11.9. The average molecular weight is 442 g/mol. The summed E-state index contributed by atoms with van der Waals surface area (Å²) in [6.07, 6.45) is 3.85. The number of amides is 1. The van der Waals surface area contributed by atoms with Crippen LogP contribution in [0, 0.1) is 6.92 Å². The van der Waals surface area contributed by atoms with E-state index in [0.29, 0.717) is 50.4 Å². The smallest absolute Gasteiger partial charge is 0.243 e. The van der Waals surface area contributed by atoms with Crippen molar-refractivity contribution in [2.24, 2.45) is 0 Å². The van der Waals surface area contributed by atoms with Gasteiger partial charge in [0.15, 0.2) is 0 Å². The third-order valence-electron chi connectivity index (χ3n) is 5.58. The van der Waals surface area contributed by atoms with Crippen molar-refractivity contribution < 1.29 is 17.9 Å². The van der Waals surface area contributed by atoms with Gasteiger partial charge in [-0.1, -0.05) is 24.3 Å². The Hall–Kier alpha value is -2.68. The summed E-state index contributed by atoms with van der Waals surface area (Å²) in [5.74, 6) is -0.126. The fraction of sp³-hybridized carbons (Fsp3) is 0.348. The molecule has 0 aliphatic carbocycles. The van der Waals surface area contributed by atoms with E-state index in [9.17, 15) is 13.2 Å². The van der Waals surface area contributed by atoms with E-state index in [1.54, 1.807) is 25.1 Å². The number of nitrogens with one attached hydrogen (secondary N) is 2. The summed E-state index contributed by atoms with van der Waals surface area (Å²) in [7, 11) is -3.62. The van der Waals surface area contributed by atoms with Crippen molar-refractivity contribution in [1.29, 1.82) is 0 Å². The van der Waals surface area contributed by atoms with E-state index in [2.05, 4.69) is 16.4 Å². The van der Waals surface area contributed by atoms with Crippen LogP contribution < -0.4 is 5.32 Å². The predicted molar refractivity (Wildman–Crippen MR) is 121 cm³/mol. The van der Waals surface area contributed by atoms with Gasteiger partial charge in [-0.3, -0.25) is 4.79 Å². The number of fused-ring (bicyclic) bond motifs is 1. The summed E-state index contributed by atoms with van der Waals surface area (Å²) < 4.78 is 32.7. The van der Waals surface area contributed by atoms with Crippen molar-refractivity contribution >= 4 is 32.5 Å². The van der Waals surface area contributed by atoms with E-state index >= 15 is 0 Å². The van der Waals surface area contributed by atoms with Crippen molar-refractivity contribution in [1.82, 2.24) is 9.29 Å². The SMILES string of the molecule is Cc1ccc(NC(=O)CCCc2c[nH]c3ccccc23)cc1S(=O)(=O)N1CCOCC1. The molecule has 0 radical (unpaired) electrons. The molecule has 4 rings (SSSR count). The van der Waals surface area contributed by atoms with E-state index in [0.717, 1.165) is 11.9 Å². The second-order valence-corrected chi connectivity index (χ2v) is 9.66. The Morgan fingerprint density at radius 2 is 1.94 bits per heavy atom. The number of sulfonamides is 1. The summed E-state index contributed by atoms with van der Waals surface area (Å²) >= 11 is 0. The summed E-state index contributed by atoms with van der Waals surface area (Å²) in [5.41, 5.74) is 3.44. The number of nitrogens with zero attached hydrogens (tertiary/aromatic N) is 1. The molecule has 0 spiro atoms. The molecule has 31 heavy (non-hydrogen) atoms. The number of aromatic amines is 1. The molecule has 2 N–H and O–H groups in total. The highest BCUT2D eigenvalue weighted by Crippen LogP contribution is 2.25. The monoisotopic (exact) mass is 441 g/mol. The maximum absolute atomic E-state index is 13.0. The highest BCUT2D eigenvalue weighted by Gasteiger charge is 2.28. The van der Waals surface area contributed by atoms with Gasteiger partial charge in [-0.15, -0.1) is 0 Å². The van der Waals surface area contributed by atoms with Gasteiger partial charge in [0.05, 0.1) is 18.1 Å². The van der Waals surface area contributed by atoms with Crippen molar-refractivity contribution in [3.63, 3.8) is 0 Å². The van der Waals surface area contributed by atoms with Crippen LogP contribution in [0.15, 0.2) is 53.6 Å². The molecule has 164 valence electrons. The standard InChI is InChI=1S/C23H27N3O4S/c1-17-9-10-19(15-22(17)31(28,29)26-11-13-30-14-12-26)25-23(27)8-4-5-18-16-24-21-7-3-2-6-20(18)21/h2-3,6-7,9-10,15-16,24H,4-5,8,11-14H2,1H3,(H,25,27). The normalized spacial score (nSPS) is 15.3. The Morgan fingerprint density at radius 1 is 1.16 bits per heavy atom. The molecule has 8 heteroatoms. The maximum Gasteiger partial charge on any atom is 0.243 e. The molecule has 2 heterocycles. The first-order chi connectivity index (χ1) is 14.9. The minimum absolute atomic E-state index is 0.126. The van der Waals surface area contributed by atoms with Crippen LogP contribution in [0.5, 0.6) is 0 Å². The first kappa shape index (κ1) is 21.5. The summed E-state index contributed by atoms with van der Waals surface area (Å²) in [6.45, 7) is 3.23. The molecule has 1 aliphatic rings. The molecule has 1 amide bonds. The highest BCUT2D eigenvalue weighted by molar-refractivity contribution is 7.89. The number of para-hydroxylation sites is 1. The van der Waals surface area contributed by atoms with Crippen LogP contribution in [0.4, 0.5) is 5.69 Å². The number of aromatic nitrogens is 1. The number of morpholine rings is 1. The Balaban J connectivity index is 1.38. The molecule has 0 atom stereocenters. The largest absolute Gasteiger partial charge is 0.379 e. The summed E-state index contributed by atoms with van der Waals surface area (Å²) in [4.78, 5) is 15.9. The Labute approximate surface area is 182 Å². The fourth-order valence-corrected chi connectivity index (χ4v) is 5.54. The van der Waals surface area contributed by atoms with Gasteiger partial charge in [0, 0.05) is 42.3 Å². The van der Waals surface area contributed by atoms with Gasteiger partial charge >= 0.3 is 0 Å². The van der Waals surface area contributed by atoms with E-state index in [-0.39, 0.29) is 10.8 Å². The molecule has 3 aromatic rings. The van der Waals surface area contributed by atoms with Crippen molar-refractivity contribution in [2.45, 2.75) is 31.1 Å². The molecule has 1 aliphatic heterocycles. The average Bonchev–Trinajstić information content (AvgIpc) is 3.19. The molecule has 1 saturated heterocycles. The number of rotatable bonds is 7. The molecule has 1 fully saturated rings. The van der Waals surface area contributed by atoms with Crippen LogP contribution in [-0.4, -0.2) is 49.9 Å².